The van der Waals surface area contributed by atoms with E-state index in [1.807, 2.05) is 24.3 Å². The number of ether oxygens (including phenoxy) is 1. The quantitative estimate of drug-likeness (QED) is 0.248. The molecule has 0 unspecified atom stereocenters. The van der Waals surface area contributed by atoms with E-state index >= 15 is 0 Å². The maximum atomic E-state index is 12.2. The van der Waals surface area contributed by atoms with Crippen LogP contribution in [0.2, 0.25) is 5.15 Å². The number of anilines is 1. The minimum absolute atomic E-state index is 0.0148. The molecule has 1 aromatic carbocycles. The number of thioether (sulfide) groups is 1. The molecule has 8 heteroatoms. The SMILES string of the molecule is CCCCCCNC(=O)c1ccc(CSc2nc(Cl)cc(N3CCOCC3)n2)cc1. The van der Waals surface area contributed by atoms with E-state index in [9.17, 15) is 4.79 Å². The van der Waals surface area contributed by atoms with Crippen LogP contribution in [0.15, 0.2) is 35.5 Å². The summed E-state index contributed by atoms with van der Waals surface area (Å²) >= 11 is 7.75. The van der Waals surface area contributed by atoms with Crippen molar-refractivity contribution in [2.45, 2.75) is 43.5 Å². The second kappa shape index (κ2) is 12.1. The first kappa shape index (κ1) is 22.8. The third kappa shape index (κ3) is 7.15. The lowest BCUT2D eigenvalue weighted by molar-refractivity contribution is 0.0953. The zero-order valence-corrected chi connectivity index (χ0v) is 19.0. The molecular weight excluding hydrogens is 420 g/mol. The topological polar surface area (TPSA) is 67.4 Å². The van der Waals surface area contributed by atoms with Crippen molar-refractivity contribution in [3.8, 4) is 0 Å². The van der Waals surface area contributed by atoms with E-state index in [4.69, 9.17) is 16.3 Å². The Kier molecular flexibility index (Phi) is 9.24. The summed E-state index contributed by atoms with van der Waals surface area (Å²) in [5.41, 5.74) is 1.80. The minimum atomic E-state index is -0.0148. The second-order valence-electron chi connectivity index (χ2n) is 7.23. The third-order valence-corrected chi connectivity index (χ3v) is 6.01. The number of morpholine rings is 1. The van der Waals surface area contributed by atoms with Gasteiger partial charge < -0.3 is 15.0 Å². The van der Waals surface area contributed by atoms with E-state index in [-0.39, 0.29) is 5.91 Å². The molecule has 162 valence electrons. The summed E-state index contributed by atoms with van der Waals surface area (Å²) in [6.45, 7) is 5.92. The molecule has 2 aromatic rings. The number of amides is 1. The van der Waals surface area contributed by atoms with Gasteiger partial charge in [-0.15, -0.1) is 0 Å². The van der Waals surface area contributed by atoms with Crippen LogP contribution in [0, 0.1) is 0 Å². The minimum Gasteiger partial charge on any atom is -0.378 e. The number of nitrogens with one attached hydrogen (secondary N) is 1. The zero-order valence-electron chi connectivity index (χ0n) is 17.4. The normalized spacial score (nSPS) is 14.0. The van der Waals surface area contributed by atoms with Gasteiger partial charge in [0.1, 0.15) is 11.0 Å². The predicted octanol–water partition coefficient (Wildman–Crippen LogP) is 4.57. The van der Waals surface area contributed by atoms with E-state index in [1.54, 1.807) is 6.07 Å². The van der Waals surface area contributed by atoms with Gasteiger partial charge >= 0.3 is 0 Å². The van der Waals surface area contributed by atoms with E-state index in [0.29, 0.717) is 34.8 Å². The molecule has 6 nitrogen and oxygen atoms in total. The Bertz CT molecular complexity index is 813. The highest BCUT2D eigenvalue weighted by molar-refractivity contribution is 7.98. The number of unbranched alkanes of at least 4 members (excludes halogenated alkanes) is 3. The van der Waals surface area contributed by atoms with Gasteiger partial charge in [0.05, 0.1) is 13.2 Å². The number of halogens is 1. The average Bonchev–Trinajstić information content (AvgIpc) is 2.78. The number of aromatic nitrogens is 2. The van der Waals surface area contributed by atoms with Crippen molar-refractivity contribution in [2.24, 2.45) is 0 Å². The number of hydrogen-bond donors (Lipinski definition) is 1. The molecule has 0 bridgehead atoms. The van der Waals surface area contributed by atoms with Gasteiger partial charge in [-0.1, -0.05) is 61.7 Å². The van der Waals surface area contributed by atoms with Gasteiger partial charge in [0.2, 0.25) is 0 Å². The van der Waals surface area contributed by atoms with Crippen LogP contribution in [0.3, 0.4) is 0 Å². The van der Waals surface area contributed by atoms with Gasteiger partial charge in [-0.05, 0) is 24.1 Å². The molecule has 30 heavy (non-hydrogen) atoms. The number of carbonyl (C=O) groups excluding carboxylic acids is 1. The molecule has 0 aliphatic carbocycles. The summed E-state index contributed by atoms with van der Waals surface area (Å²) < 4.78 is 5.40. The molecule has 0 spiro atoms. The van der Waals surface area contributed by atoms with Crippen molar-refractivity contribution in [2.75, 3.05) is 37.7 Å². The Labute approximate surface area is 187 Å². The maximum absolute atomic E-state index is 12.2. The van der Waals surface area contributed by atoms with Gasteiger partial charge in [-0.25, -0.2) is 9.97 Å². The average molecular weight is 449 g/mol. The Morgan fingerprint density at radius 1 is 1.17 bits per heavy atom. The van der Waals surface area contributed by atoms with Gasteiger partial charge in [0, 0.05) is 37.0 Å². The molecule has 1 fully saturated rings. The van der Waals surface area contributed by atoms with Crippen LogP contribution in [-0.4, -0.2) is 48.7 Å². The molecule has 2 heterocycles. The molecule has 0 atom stereocenters. The summed E-state index contributed by atoms with van der Waals surface area (Å²) in [5.74, 6) is 1.53. The fraction of sp³-hybridized carbons (Fsp3) is 0.500. The Morgan fingerprint density at radius 2 is 1.93 bits per heavy atom. The number of benzene rings is 1. The van der Waals surface area contributed by atoms with Crippen molar-refractivity contribution in [1.29, 1.82) is 0 Å². The predicted molar refractivity (Wildman–Crippen MR) is 123 cm³/mol. The smallest absolute Gasteiger partial charge is 0.251 e. The van der Waals surface area contributed by atoms with Gasteiger partial charge in [0.15, 0.2) is 5.16 Å². The summed E-state index contributed by atoms with van der Waals surface area (Å²) in [6, 6.07) is 9.50. The lowest BCUT2D eigenvalue weighted by Gasteiger charge is -2.27. The van der Waals surface area contributed by atoms with Crippen molar-refractivity contribution < 1.29 is 9.53 Å². The highest BCUT2D eigenvalue weighted by Gasteiger charge is 2.15. The molecule has 0 radical (unpaired) electrons. The summed E-state index contributed by atoms with van der Waals surface area (Å²) in [6.07, 6.45) is 4.60. The fourth-order valence-corrected chi connectivity index (χ4v) is 4.20. The second-order valence-corrected chi connectivity index (χ2v) is 8.56. The lowest BCUT2D eigenvalue weighted by Crippen LogP contribution is -2.36. The first-order valence-corrected chi connectivity index (χ1v) is 11.9. The van der Waals surface area contributed by atoms with E-state index < -0.39 is 0 Å². The van der Waals surface area contributed by atoms with E-state index in [0.717, 1.165) is 43.9 Å². The van der Waals surface area contributed by atoms with Gasteiger partial charge in [0.25, 0.3) is 5.91 Å². The Morgan fingerprint density at radius 3 is 2.67 bits per heavy atom. The summed E-state index contributed by atoms with van der Waals surface area (Å²) in [5, 5.41) is 4.08. The van der Waals surface area contributed by atoms with Crippen LogP contribution in [0.1, 0.15) is 48.5 Å². The summed E-state index contributed by atoms with van der Waals surface area (Å²) in [7, 11) is 0. The van der Waals surface area contributed by atoms with Crippen molar-refractivity contribution in [3.05, 3.63) is 46.6 Å². The largest absolute Gasteiger partial charge is 0.378 e. The highest BCUT2D eigenvalue weighted by atomic mass is 35.5. The highest BCUT2D eigenvalue weighted by Crippen LogP contribution is 2.25. The molecule has 0 saturated carbocycles. The monoisotopic (exact) mass is 448 g/mol. The fourth-order valence-electron chi connectivity index (χ4n) is 3.16. The number of rotatable bonds is 10. The lowest BCUT2D eigenvalue weighted by atomic mass is 10.1. The van der Waals surface area contributed by atoms with Gasteiger partial charge in [-0.2, -0.15) is 0 Å². The van der Waals surface area contributed by atoms with E-state index in [1.165, 1.54) is 24.6 Å². The van der Waals surface area contributed by atoms with Crippen molar-refractivity contribution in [3.63, 3.8) is 0 Å². The molecule has 1 aliphatic rings. The third-order valence-electron chi connectivity index (χ3n) is 4.90. The molecule has 1 N–H and O–H groups in total. The van der Waals surface area contributed by atoms with E-state index in [2.05, 4.69) is 27.1 Å². The van der Waals surface area contributed by atoms with Crippen LogP contribution in [0.25, 0.3) is 0 Å². The van der Waals surface area contributed by atoms with Crippen LogP contribution in [0.4, 0.5) is 5.82 Å². The molecular formula is C22H29ClN4O2S. The van der Waals surface area contributed by atoms with Crippen LogP contribution < -0.4 is 10.2 Å². The standard InChI is InChI=1S/C22H29ClN4O2S/c1-2-3-4-5-10-24-21(28)18-8-6-17(7-9-18)16-30-22-25-19(23)15-20(26-22)27-11-13-29-14-12-27/h6-9,15H,2-5,10-14,16H2,1H3,(H,24,28). The van der Waals surface area contributed by atoms with Gasteiger partial charge in [-0.3, -0.25) is 4.79 Å². The Hall–Kier alpha value is -1.83. The molecule has 3 rings (SSSR count). The Balaban J connectivity index is 1.51. The van der Waals surface area contributed by atoms with Crippen LogP contribution >= 0.6 is 23.4 Å². The summed E-state index contributed by atoms with van der Waals surface area (Å²) in [4.78, 5) is 23.4. The number of nitrogens with zero attached hydrogens (tertiary/aromatic N) is 3. The first-order chi connectivity index (χ1) is 14.7. The number of carbonyl (C=O) groups is 1. The molecule has 1 saturated heterocycles. The molecule has 1 amide bonds. The first-order valence-electron chi connectivity index (χ1n) is 10.5. The molecule has 1 aliphatic heterocycles. The van der Waals surface area contributed by atoms with Crippen molar-refractivity contribution in [1.82, 2.24) is 15.3 Å². The maximum Gasteiger partial charge on any atom is 0.251 e. The molecule has 1 aromatic heterocycles. The van der Waals surface area contributed by atoms with Crippen LogP contribution in [0.5, 0.6) is 0 Å². The van der Waals surface area contributed by atoms with Crippen LogP contribution in [-0.2, 0) is 10.5 Å². The van der Waals surface area contributed by atoms with Crippen molar-refractivity contribution >= 4 is 35.1 Å². The zero-order chi connectivity index (χ0) is 21.2. The number of hydrogen-bond acceptors (Lipinski definition) is 6.